The number of para-hydroxylation sites is 1. The number of carbonyl (C=O) groups excluding carboxylic acids is 1. The van der Waals surface area contributed by atoms with E-state index in [0.29, 0.717) is 11.4 Å². The average molecular weight is 438 g/mol. The number of nitrogens with zero attached hydrogens (tertiary/aromatic N) is 2. The van der Waals surface area contributed by atoms with E-state index < -0.39 is 0 Å². The molecule has 0 aliphatic heterocycles. The molecule has 5 rings (SSSR count). The predicted molar refractivity (Wildman–Crippen MR) is 129 cm³/mol. The van der Waals surface area contributed by atoms with Crippen LogP contribution >= 0.6 is 11.3 Å². The van der Waals surface area contributed by atoms with Crippen molar-refractivity contribution in [3.63, 3.8) is 0 Å². The van der Waals surface area contributed by atoms with Gasteiger partial charge in [0, 0.05) is 23.0 Å². The van der Waals surface area contributed by atoms with Crippen molar-refractivity contribution in [1.82, 2.24) is 9.97 Å². The molecule has 2 heterocycles. The third-order valence-electron chi connectivity index (χ3n) is 4.89. The molecule has 1 N–H and O–H groups in total. The highest BCUT2D eigenvalue weighted by molar-refractivity contribution is 7.21. The summed E-state index contributed by atoms with van der Waals surface area (Å²) in [5.41, 5.74) is 4.49. The Morgan fingerprint density at radius 2 is 1.69 bits per heavy atom. The first-order valence-corrected chi connectivity index (χ1v) is 11.0. The number of ether oxygens (including phenoxy) is 1. The smallest absolute Gasteiger partial charge is 0.262 e. The van der Waals surface area contributed by atoms with Crippen molar-refractivity contribution >= 4 is 33.3 Å². The molecule has 5 aromatic rings. The summed E-state index contributed by atoms with van der Waals surface area (Å²) >= 11 is 1.53. The van der Waals surface area contributed by atoms with E-state index in [1.807, 2.05) is 91.0 Å². The first kappa shape index (κ1) is 19.9. The van der Waals surface area contributed by atoms with Crippen molar-refractivity contribution in [2.24, 2.45) is 0 Å². The highest BCUT2D eigenvalue weighted by atomic mass is 32.1. The summed E-state index contributed by atoms with van der Waals surface area (Å²) in [4.78, 5) is 22.4. The lowest BCUT2D eigenvalue weighted by atomic mass is 10.1. The molecule has 0 saturated heterocycles. The number of nitrogens with one attached hydrogen (secondary N) is 1. The number of fused-ring (bicyclic) bond motifs is 1. The number of aromatic nitrogens is 2. The monoisotopic (exact) mass is 437 g/mol. The van der Waals surface area contributed by atoms with E-state index in [4.69, 9.17) is 4.74 Å². The Morgan fingerprint density at radius 3 is 2.56 bits per heavy atom. The molecule has 0 bridgehead atoms. The maximum Gasteiger partial charge on any atom is 0.262 e. The molecular formula is C26H19N3O2S. The molecule has 3 aromatic carbocycles. The summed E-state index contributed by atoms with van der Waals surface area (Å²) in [5.74, 6) is 0.445. The second kappa shape index (κ2) is 8.99. The quantitative estimate of drug-likeness (QED) is 0.352. The number of thiazole rings is 1. The summed E-state index contributed by atoms with van der Waals surface area (Å²) in [6.07, 6.45) is 1.76. The van der Waals surface area contributed by atoms with Crippen LogP contribution in [0, 0.1) is 0 Å². The van der Waals surface area contributed by atoms with Gasteiger partial charge >= 0.3 is 0 Å². The molecule has 32 heavy (non-hydrogen) atoms. The van der Waals surface area contributed by atoms with Crippen molar-refractivity contribution < 1.29 is 9.53 Å². The molecule has 2 aromatic heterocycles. The lowest BCUT2D eigenvalue weighted by molar-refractivity contribution is -0.118. The highest BCUT2D eigenvalue weighted by Gasteiger charge is 2.11. The molecule has 5 nitrogen and oxygen atoms in total. The average Bonchev–Trinajstić information content (AvgIpc) is 3.28. The van der Waals surface area contributed by atoms with E-state index in [1.165, 1.54) is 11.3 Å². The van der Waals surface area contributed by atoms with Gasteiger partial charge in [0.05, 0.1) is 0 Å². The second-order valence-electron chi connectivity index (χ2n) is 7.13. The van der Waals surface area contributed by atoms with Gasteiger partial charge in [0.25, 0.3) is 5.91 Å². The Balaban J connectivity index is 1.28. The van der Waals surface area contributed by atoms with E-state index in [0.717, 1.165) is 32.0 Å². The van der Waals surface area contributed by atoms with Gasteiger partial charge in [-0.05, 0) is 35.9 Å². The number of amides is 1. The van der Waals surface area contributed by atoms with Gasteiger partial charge < -0.3 is 10.1 Å². The van der Waals surface area contributed by atoms with Crippen molar-refractivity contribution in [2.75, 3.05) is 11.9 Å². The van der Waals surface area contributed by atoms with Gasteiger partial charge in [-0.1, -0.05) is 72.0 Å². The van der Waals surface area contributed by atoms with Crippen LogP contribution in [0.2, 0.25) is 0 Å². The molecule has 156 valence electrons. The van der Waals surface area contributed by atoms with E-state index >= 15 is 0 Å². The van der Waals surface area contributed by atoms with Gasteiger partial charge in [0.15, 0.2) is 6.61 Å². The Labute approximate surface area is 189 Å². The molecule has 0 fully saturated rings. The largest absolute Gasteiger partial charge is 0.483 e. The molecule has 0 unspecified atom stereocenters. The normalized spacial score (nSPS) is 10.8. The van der Waals surface area contributed by atoms with Crippen LogP contribution in [0.1, 0.15) is 0 Å². The third-order valence-corrected chi connectivity index (χ3v) is 5.92. The van der Waals surface area contributed by atoms with E-state index in [2.05, 4.69) is 15.3 Å². The van der Waals surface area contributed by atoms with E-state index in [-0.39, 0.29) is 12.5 Å². The molecule has 0 atom stereocenters. The van der Waals surface area contributed by atoms with Crippen molar-refractivity contribution in [1.29, 1.82) is 0 Å². The second-order valence-corrected chi connectivity index (χ2v) is 8.10. The maximum absolute atomic E-state index is 12.6. The van der Waals surface area contributed by atoms with Crippen molar-refractivity contribution in [3.8, 4) is 27.4 Å². The first-order chi connectivity index (χ1) is 15.8. The molecular weight excluding hydrogens is 418 g/mol. The minimum Gasteiger partial charge on any atom is -0.483 e. The Kier molecular flexibility index (Phi) is 5.59. The van der Waals surface area contributed by atoms with Crippen LogP contribution in [0.15, 0.2) is 97.2 Å². The fraction of sp³-hybridized carbons (Fsp3) is 0.0385. The lowest BCUT2D eigenvalue weighted by Gasteiger charge is -2.12. The molecule has 0 spiro atoms. The van der Waals surface area contributed by atoms with Gasteiger partial charge in [-0.3, -0.25) is 4.79 Å². The zero-order valence-corrected chi connectivity index (χ0v) is 17.9. The number of hydrogen-bond donors (Lipinski definition) is 1. The van der Waals surface area contributed by atoms with Gasteiger partial charge in [0.2, 0.25) is 0 Å². The summed E-state index contributed by atoms with van der Waals surface area (Å²) in [6, 6.07) is 29.1. The van der Waals surface area contributed by atoms with E-state index in [1.54, 1.807) is 6.20 Å². The first-order valence-electron chi connectivity index (χ1n) is 10.2. The number of carbonyl (C=O) groups is 1. The Hall–Kier alpha value is -4.03. The molecule has 1 amide bonds. The number of benzene rings is 3. The van der Waals surface area contributed by atoms with Crippen LogP contribution in [-0.2, 0) is 4.79 Å². The number of pyridine rings is 1. The lowest BCUT2D eigenvalue weighted by Crippen LogP contribution is -2.20. The van der Waals surface area contributed by atoms with E-state index in [9.17, 15) is 4.79 Å². The van der Waals surface area contributed by atoms with Crippen molar-refractivity contribution in [2.45, 2.75) is 0 Å². The predicted octanol–water partition coefficient (Wildman–Crippen LogP) is 6.04. The molecule has 0 radical (unpaired) electrons. The number of rotatable bonds is 6. The van der Waals surface area contributed by atoms with Crippen LogP contribution in [0.5, 0.6) is 5.75 Å². The third kappa shape index (κ3) is 4.36. The number of anilines is 1. The van der Waals surface area contributed by atoms with Crippen LogP contribution in [0.4, 0.5) is 5.69 Å². The van der Waals surface area contributed by atoms with Gasteiger partial charge in [-0.15, -0.1) is 0 Å². The zero-order chi connectivity index (χ0) is 21.8. The summed E-state index contributed by atoms with van der Waals surface area (Å²) in [7, 11) is 0. The summed E-state index contributed by atoms with van der Waals surface area (Å²) < 4.78 is 5.85. The highest BCUT2D eigenvalue weighted by Crippen LogP contribution is 2.31. The Bertz CT molecular complexity index is 1350. The molecule has 0 aliphatic carbocycles. The minimum absolute atomic E-state index is 0.0842. The number of hydrogen-bond acceptors (Lipinski definition) is 5. The molecule has 0 saturated carbocycles. The zero-order valence-electron chi connectivity index (χ0n) is 17.1. The molecule has 0 aliphatic rings. The minimum atomic E-state index is -0.226. The van der Waals surface area contributed by atoms with Gasteiger partial charge in [-0.2, -0.15) is 0 Å². The van der Waals surface area contributed by atoms with Crippen molar-refractivity contribution in [3.05, 3.63) is 97.2 Å². The maximum atomic E-state index is 12.6. The SMILES string of the molecule is O=C(COc1ccccc1-c1ccccc1)Nc1cccc(-c2nc3cccnc3s2)c1. The van der Waals surface area contributed by atoms with Crippen LogP contribution in [0.3, 0.4) is 0 Å². The Morgan fingerprint density at radius 1 is 0.875 bits per heavy atom. The van der Waals surface area contributed by atoms with Gasteiger partial charge in [-0.25, -0.2) is 9.97 Å². The fourth-order valence-electron chi connectivity index (χ4n) is 3.41. The molecule has 6 heteroatoms. The summed E-state index contributed by atoms with van der Waals surface area (Å²) in [6.45, 7) is -0.0842. The fourth-order valence-corrected chi connectivity index (χ4v) is 4.32. The van der Waals surface area contributed by atoms with Crippen LogP contribution in [-0.4, -0.2) is 22.5 Å². The standard InChI is InChI=1S/C26H19N3O2S/c30-24(17-31-23-14-5-4-12-21(23)18-8-2-1-3-9-18)28-20-11-6-10-19(16-20)25-29-22-13-7-15-27-26(22)32-25/h1-16H,17H2,(H,28,30). The van der Waals surface area contributed by atoms with Crippen LogP contribution in [0.25, 0.3) is 32.0 Å². The van der Waals surface area contributed by atoms with Crippen LogP contribution < -0.4 is 10.1 Å². The topological polar surface area (TPSA) is 64.1 Å². The van der Waals surface area contributed by atoms with Gasteiger partial charge in [0.1, 0.15) is 21.1 Å². The summed E-state index contributed by atoms with van der Waals surface area (Å²) in [5, 5.41) is 3.78.